The highest BCUT2D eigenvalue weighted by Crippen LogP contribution is 2.08. The van der Waals surface area contributed by atoms with E-state index in [1.807, 2.05) is 6.92 Å². The van der Waals surface area contributed by atoms with E-state index >= 15 is 0 Å². The summed E-state index contributed by atoms with van der Waals surface area (Å²) in [5.74, 6) is 0. The Labute approximate surface area is 68.0 Å². The lowest BCUT2D eigenvalue weighted by Gasteiger charge is -2.15. The Hall–Kier alpha value is 0.0269. The highest BCUT2D eigenvalue weighted by molar-refractivity contribution is 6.52. The van der Waals surface area contributed by atoms with Gasteiger partial charge in [0, 0.05) is 20.8 Å². The van der Waals surface area contributed by atoms with Gasteiger partial charge in [-0.1, -0.05) is 13.3 Å². The monoisotopic (exact) mass is 182 g/mol. The van der Waals surface area contributed by atoms with E-state index in [-0.39, 0.29) is 0 Å². The number of hydrogen-bond donors (Lipinski definition) is 0. The zero-order chi connectivity index (χ0) is 8.74. The van der Waals surface area contributed by atoms with Crippen molar-refractivity contribution in [1.29, 1.82) is 0 Å². The lowest BCUT2D eigenvalue weighted by atomic mass is 10.4. The second-order valence-corrected chi connectivity index (χ2v) is 4.16. The van der Waals surface area contributed by atoms with Gasteiger partial charge in [0.1, 0.15) is 0 Å². The molecular weight excluding hydrogens is 167 g/mol. The van der Waals surface area contributed by atoms with Crippen LogP contribution in [0.4, 0.5) is 4.11 Å². The molecule has 0 saturated carbocycles. The van der Waals surface area contributed by atoms with Crippen LogP contribution in [0.25, 0.3) is 0 Å². The van der Waals surface area contributed by atoms with Gasteiger partial charge >= 0.3 is 9.14 Å². The molecular formula is C6H15FO3Si. The summed E-state index contributed by atoms with van der Waals surface area (Å²) in [7, 11) is -1.23. The number of rotatable bonds is 6. The van der Waals surface area contributed by atoms with Crippen molar-refractivity contribution in [3.05, 3.63) is 0 Å². The van der Waals surface area contributed by atoms with E-state index in [9.17, 15) is 4.11 Å². The molecule has 0 aliphatic heterocycles. The maximum absolute atomic E-state index is 13.0. The van der Waals surface area contributed by atoms with E-state index in [1.165, 1.54) is 14.2 Å². The third-order valence-electron chi connectivity index (χ3n) is 1.26. The zero-order valence-electron chi connectivity index (χ0n) is 7.22. The van der Waals surface area contributed by atoms with Crippen LogP contribution in [0.2, 0.25) is 0 Å². The Kier molecular flexibility index (Phi) is 5.66. The van der Waals surface area contributed by atoms with Gasteiger partial charge in [-0.15, -0.1) is 0 Å². The highest BCUT2D eigenvalue weighted by Gasteiger charge is 2.41. The second kappa shape index (κ2) is 5.65. The maximum atomic E-state index is 13.0. The SMILES string of the molecule is CCCCO[Si](F)(OC)OC. The smallest absolute Gasteiger partial charge is 0.352 e. The molecule has 0 aliphatic rings. The molecule has 0 atom stereocenters. The van der Waals surface area contributed by atoms with Crippen molar-refractivity contribution in [3.8, 4) is 0 Å². The molecule has 5 heteroatoms. The number of hydrogen-bond acceptors (Lipinski definition) is 3. The molecule has 0 unspecified atom stereocenters. The molecule has 0 rings (SSSR count). The molecule has 0 radical (unpaired) electrons. The van der Waals surface area contributed by atoms with Crippen molar-refractivity contribution >= 4 is 9.14 Å². The lowest BCUT2D eigenvalue weighted by Crippen LogP contribution is -2.39. The molecule has 0 aromatic rings. The second-order valence-electron chi connectivity index (χ2n) is 2.09. The first-order valence-corrected chi connectivity index (χ1v) is 5.22. The van der Waals surface area contributed by atoms with E-state index in [0.29, 0.717) is 6.61 Å². The average molecular weight is 182 g/mol. The quantitative estimate of drug-likeness (QED) is 0.354. The van der Waals surface area contributed by atoms with E-state index in [0.717, 1.165) is 12.8 Å². The Morgan fingerprint density at radius 2 is 1.82 bits per heavy atom. The van der Waals surface area contributed by atoms with Crippen LogP contribution < -0.4 is 0 Å². The van der Waals surface area contributed by atoms with Gasteiger partial charge in [0.15, 0.2) is 0 Å². The standard InChI is InChI=1S/C6H15FO3Si/c1-4-5-6-10-11(7,8-2)9-3/h4-6H2,1-3H3. The molecule has 68 valence electrons. The lowest BCUT2D eigenvalue weighted by molar-refractivity contribution is 0.0538. The van der Waals surface area contributed by atoms with Gasteiger partial charge in [0.05, 0.1) is 0 Å². The molecule has 0 saturated heterocycles. The van der Waals surface area contributed by atoms with E-state index in [4.69, 9.17) is 4.43 Å². The first kappa shape index (κ1) is 11.0. The fourth-order valence-electron chi connectivity index (χ4n) is 0.540. The molecule has 0 bridgehead atoms. The summed E-state index contributed by atoms with van der Waals surface area (Å²) >= 11 is 0. The van der Waals surface area contributed by atoms with Gasteiger partial charge in [0.2, 0.25) is 0 Å². The Morgan fingerprint density at radius 3 is 2.18 bits per heavy atom. The van der Waals surface area contributed by atoms with Crippen molar-refractivity contribution in [2.75, 3.05) is 20.8 Å². The van der Waals surface area contributed by atoms with Crippen LogP contribution in [0, 0.1) is 0 Å². The zero-order valence-corrected chi connectivity index (χ0v) is 8.22. The predicted octanol–water partition coefficient (Wildman–Crippen LogP) is 1.50. The Balaban J connectivity index is 3.51. The van der Waals surface area contributed by atoms with Crippen LogP contribution in [0.1, 0.15) is 19.8 Å². The fourth-order valence-corrected chi connectivity index (χ4v) is 1.33. The van der Waals surface area contributed by atoms with Gasteiger partial charge in [-0.05, 0) is 6.42 Å². The summed E-state index contributed by atoms with van der Waals surface area (Å²) in [4.78, 5) is 0. The van der Waals surface area contributed by atoms with Crippen LogP contribution in [0.3, 0.4) is 0 Å². The molecule has 0 aromatic carbocycles. The van der Waals surface area contributed by atoms with Gasteiger partial charge in [-0.3, -0.25) is 0 Å². The molecule has 0 aromatic heterocycles. The van der Waals surface area contributed by atoms with Crippen LogP contribution in [-0.4, -0.2) is 30.0 Å². The van der Waals surface area contributed by atoms with Gasteiger partial charge in [0.25, 0.3) is 0 Å². The van der Waals surface area contributed by atoms with Gasteiger partial charge in [-0.25, -0.2) is 4.11 Å². The molecule has 0 heterocycles. The summed E-state index contributed by atoms with van der Waals surface area (Å²) in [5, 5.41) is 0. The predicted molar refractivity (Wildman–Crippen MR) is 41.7 cm³/mol. The highest BCUT2D eigenvalue weighted by atomic mass is 28.4. The summed E-state index contributed by atoms with van der Waals surface area (Å²) in [5.41, 5.74) is 0. The first-order chi connectivity index (χ1) is 5.18. The third-order valence-corrected chi connectivity index (χ3v) is 2.78. The molecule has 11 heavy (non-hydrogen) atoms. The summed E-state index contributed by atoms with van der Waals surface area (Å²) in [6.07, 6.45) is 1.79. The first-order valence-electron chi connectivity index (χ1n) is 3.61. The van der Waals surface area contributed by atoms with Crippen LogP contribution in [-0.2, 0) is 13.3 Å². The van der Waals surface area contributed by atoms with Crippen LogP contribution >= 0.6 is 0 Å². The van der Waals surface area contributed by atoms with Crippen LogP contribution in [0.15, 0.2) is 0 Å². The third kappa shape index (κ3) is 4.47. The molecule has 0 spiro atoms. The van der Waals surface area contributed by atoms with Gasteiger partial charge in [-0.2, -0.15) is 0 Å². The van der Waals surface area contributed by atoms with Crippen molar-refractivity contribution in [2.24, 2.45) is 0 Å². The molecule has 0 amide bonds. The van der Waals surface area contributed by atoms with E-state index in [2.05, 4.69) is 8.85 Å². The summed E-state index contributed by atoms with van der Waals surface area (Å²) in [6.45, 7) is 2.37. The summed E-state index contributed by atoms with van der Waals surface area (Å²) < 4.78 is 26.8. The normalized spacial score (nSPS) is 12.0. The van der Waals surface area contributed by atoms with Crippen molar-refractivity contribution in [3.63, 3.8) is 0 Å². The molecule has 0 fully saturated rings. The molecule has 3 nitrogen and oxygen atoms in total. The number of unbranched alkanes of at least 4 members (excludes halogenated alkanes) is 1. The van der Waals surface area contributed by atoms with E-state index in [1.54, 1.807) is 0 Å². The van der Waals surface area contributed by atoms with Crippen LogP contribution in [0.5, 0.6) is 0 Å². The Morgan fingerprint density at radius 1 is 1.27 bits per heavy atom. The van der Waals surface area contributed by atoms with Crippen molar-refractivity contribution in [2.45, 2.75) is 19.8 Å². The fraction of sp³-hybridized carbons (Fsp3) is 1.00. The average Bonchev–Trinajstić information content (AvgIpc) is 2.05. The Bertz CT molecular complexity index is 97.8. The van der Waals surface area contributed by atoms with Crippen molar-refractivity contribution in [1.82, 2.24) is 0 Å². The molecule has 0 aliphatic carbocycles. The topological polar surface area (TPSA) is 27.7 Å². The van der Waals surface area contributed by atoms with Gasteiger partial charge < -0.3 is 13.3 Å². The largest absolute Gasteiger partial charge is 0.719 e. The number of halogens is 1. The maximum Gasteiger partial charge on any atom is 0.719 e. The molecule has 0 N–H and O–H groups in total. The minimum absolute atomic E-state index is 0.362. The summed E-state index contributed by atoms with van der Waals surface area (Å²) in [6, 6.07) is 0. The van der Waals surface area contributed by atoms with E-state index < -0.39 is 9.14 Å². The minimum Gasteiger partial charge on any atom is -0.352 e. The minimum atomic E-state index is -3.73. The van der Waals surface area contributed by atoms with Crippen molar-refractivity contribution < 1.29 is 17.4 Å².